The fourth-order valence-electron chi connectivity index (χ4n) is 4.41. The molecule has 0 amide bonds. The zero-order chi connectivity index (χ0) is 17.1. The first-order valence-corrected chi connectivity index (χ1v) is 10.8. The van der Waals surface area contributed by atoms with Crippen molar-refractivity contribution in [2.75, 3.05) is 0 Å². The summed E-state index contributed by atoms with van der Waals surface area (Å²) in [6.07, 6.45) is 14.0. The predicted octanol–water partition coefficient (Wildman–Crippen LogP) is 7.02. The van der Waals surface area contributed by atoms with Gasteiger partial charge in [-0.15, -0.1) is 23.1 Å². The van der Waals surface area contributed by atoms with Crippen LogP contribution in [0.3, 0.4) is 0 Å². The Morgan fingerprint density at radius 2 is 1.84 bits per heavy atom. The van der Waals surface area contributed by atoms with Gasteiger partial charge in [-0.25, -0.2) is 0 Å². The second-order valence-corrected chi connectivity index (χ2v) is 9.73. The number of fused-ring (bicyclic) bond motifs is 5. The molecule has 126 valence electrons. The summed E-state index contributed by atoms with van der Waals surface area (Å²) in [6.45, 7) is 6.95. The van der Waals surface area contributed by atoms with Crippen LogP contribution in [0.4, 0.5) is 0 Å². The van der Waals surface area contributed by atoms with E-state index in [1.165, 1.54) is 25.4 Å². The van der Waals surface area contributed by atoms with Gasteiger partial charge in [-0.3, -0.25) is 0 Å². The van der Waals surface area contributed by atoms with Gasteiger partial charge < -0.3 is 0 Å². The Bertz CT molecular complexity index is 983. The van der Waals surface area contributed by atoms with Crippen molar-refractivity contribution in [2.24, 2.45) is 17.8 Å². The molecule has 0 bridgehead atoms. The van der Waals surface area contributed by atoms with E-state index in [4.69, 9.17) is 0 Å². The van der Waals surface area contributed by atoms with Gasteiger partial charge in [0, 0.05) is 31.0 Å². The van der Waals surface area contributed by atoms with Gasteiger partial charge >= 0.3 is 0 Å². The lowest BCUT2D eigenvalue weighted by atomic mass is 9.75. The van der Waals surface area contributed by atoms with Crippen LogP contribution in [0.5, 0.6) is 0 Å². The number of hydrogen-bond acceptors (Lipinski definition) is 2. The van der Waals surface area contributed by atoms with Crippen LogP contribution in [-0.4, -0.2) is 5.25 Å². The minimum atomic E-state index is 0.552. The zero-order valence-corrected chi connectivity index (χ0v) is 16.5. The molecule has 1 aliphatic heterocycles. The van der Waals surface area contributed by atoms with E-state index >= 15 is 0 Å². The molecule has 1 aromatic heterocycles. The molecular formula is C23H22S2. The van der Waals surface area contributed by atoms with E-state index in [1.807, 2.05) is 11.3 Å². The second-order valence-electron chi connectivity index (χ2n) is 7.53. The lowest BCUT2D eigenvalue weighted by molar-refractivity contribution is 0.511. The van der Waals surface area contributed by atoms with Crippen molar-refractivity contribution in [2.45, 2.75) is 30.9 Å². The first-order valence-electron chi connectivity index (χ1n) is 9.10. The standard InChI is InChI=1S/C23H22S2/c1-13-8-9-18-20(12-13)24-23-19-11-10-17(15(3)21(19)25-22(18)23)16-7-5-4-6-14(16)2/h4-12,14-16,21H,1-3H3. The van der Waals surface area contributed by atoms with Crippen LogP contribution in [0.1, 0.15) is 24.3 Å². The molecule has 2 aliphatic carbocycles. The van der Waals surface area contributed by atoms with Crippen molar-refractivity contribution < 1.29 is 0 Å². The highest BCUT2D eigenvalue weighted by molar-refractivity contribution is 8.01. The summed E-state index contributed by atoms with van der Waals surface area (Å²) in [4.78, 5) is 3.04. The summed E-state index contributed by atoms with van der Waals surface area (Å²) < 4.78 is 1.44. The molecule has 0 saturated carbocycles. The van der Waals surface area contributed by atoms with E-state index in [0.717, 1.165) is 0 Å². The van der Waals surface area contributed by atoms with Gasteiger partial charge in [-0.05, 0) is 36.0 Å². The number of thioether (sulfide) groups is 1. The average molecular weight is 363 g/mol. The summed E-state index contributed by atoms with van der Waals surface area (Å²) in [5.74, 6) is 1.74. The smallest absolute Gasteiger partial charge is 0.0462 e. The maximum atomic E-state index is 2.43. The Hall–Kier alpha value is -1.51. The van der Waals surface area contributed by atoms with Gasteiger partial charge in [0.25, 0.3) is 0 Å². The van der Waals surface area contributed by atoms with Crippen molar-refractivity contribution in [3.63, 3.8) is 0 Å². The van der Waals surface area contributed by atoms with Gasteiger partial charge in [0.15, 0.2) is 0 Å². The first kappa shape index (κ1) is 15.7. The fraction of sp³-hybridized carbons (Fsp3) is 0.304. The molecule has 0 saturated heterocycles. The predicted molar refractivity (Wildman–Crippen MR) is 112 cm³/mol. The van der Waals surface area contributed by atoms with Crippen molar-refractivity contribution in [1.82, 2.24) is 0 Å². The van der Waals surface area contributed by atoms with Crippen molar-refractivity contribution >= 4 is 38.8 Å². The maximum Gasteiger partial charge on any atom is 0.0462 e. The Labute approximate surface area is 158 Å². The minimum absolute atomic E-state index is 0.552. The SMILES string of the molecule is Cc1ccc2c3c(sc2c1)C1=CC=C(C2C=CC=CC2C)C(C)C1S3. The molecule has 25 heavy (non-hydrogen) atoms. The van der Waals surface area contributed by atoms with Crippen molar-refractivity contribution in [3.05, 3.63) is 70.7 Å². The van der Waals surface area contributed by atoms with Crippen LogP contribution in [0.15, 0.2) is 65.1 Å². The van der Waals surface area contributed by atoms with Gasteiger partial charge in [-0.2, -0.15) is 0 Å². The topological polar surface area (TPSA) is 0 Å². The van der Waals surface area contributed by atoms with Crippen molar-refractivity contribution in [1.29, 1.82) is 0 Å². The molecule has 1 aromatic carbocycles. The van der Waals surface area contributed by atoms with Crippen LogP contribution in [0.2, 0.25) is 0 Å². The van der Waals surface area contributed by atoms with Crippen LogP contribution in [-0.2, 0) is 0 Å². The molecule has 0 N–H and O–H groups in total. The summed E-state index contributed by atoms with van der Waals surface area (Å²) >= 11 is 4.08. The third-order valence-corrected chi connectivity index (χ3v) is 8.75. The number of allylic oxidation sites excluding steroid dienone is 7. The highest BCUT2D eigenvalue weighted by Gasteiger charge is 2.39. The molecule has 5 rings (SSSR count). The average Bonchev–Trinajstić information content (AvgIpc) is 3.12. The van der Waals surface area contributed by atoms with Crippen LogP contribution in [0.25, 0.3) is 15.7 Å². The Morgan fingerprint density at radius 3 is 2.68 bits per heavy atom. The molecule has 2 heteroatoms. The quantitative estimate of drug-likeness (QED) is 0.525. The van der Waals surface area contributed by atoms with Gasteiger partial charge in [0.2, 0.25) is 0 Å². The third-order valence-electron chi connectivity index (χ3n) is 5.84. The fourth-order valence-corrected chi connectivity index (χ4v) is 7.55. The van der Waals surface area contributed by atoms with Gasteiger partial charge in [0.05, 0.1) is 0 Å². The molecule has 3 aliphatic rings. The molecule has 0 radical (unpaired) electrons. The summed E-state index contributed by atoms with van der Waals surface area (Å²) in [6, 6.07) is 6.91. The molecule has 2 heterocycles. The number of benzene rings is 1. The number of aryl methyl sites for hydroxylation is 1. The molecule has 0 spiro atoms. The normalized spacial score (nSPS) is 30.2. The minimum Gasteiger partial charge on any atom is -0.134 e. The highest BCUT2D eigenvalue weighted by atomic mass is 32.2. The largest absolute Gasteiger partial charge is 0.134 e. The lowest BCUT2D eigenvalue weighted by Crippen LogP contribution is -2.25. The number of hydrogen-bond donors (Lipinski definition) is 0. The molecule has 4 unspecified atom stereocenters. The molecule has 0 nitrogen and oxygen atoms in total. The molecular weight excluding hydrogens is 340 g/mol. The first-order chi connectivity index (χ1) is 12.1. The van der Waals surface area contributed by atoms with Crippen molar-refractivity contribution in [3.8, 4) is 0 Å². The molecule has 0 fully saturated rings. The lowest BCUT2D eigenvalue weighted by Gasteiger charge is -2.33. The van der Waals surface area contributed by atoms with E-state index in [2.05, 4.69) is 87.2 Å². The van der Waals surface area contributed by atoms with E-state index in [1.54, 1.807) is 11.1 Å². The third kappa shape index (κ3) is 2.34. The van der Waals surface area contributed by atoms with Crippen LogP contribution in [0, 0.1) is 24.7 Å². The monoisotopic (exact) mass is 362 g/mol. The Morgan fingerprint density at radius 1 is 1.00 bits per heavy atom. The highest BCUT2D eigenvalue weighted by Crippen LogP contribution is 2.57. The van der Waals surface area contributed by atoms with E-state index < -0.39 is 0 Å². The van der Waals surface area contributed by atoms with Gasteiger partial charge in [0.1, 0.15) is 0 Å². The number of thiophene rings is 1. The summed E-state index contributed by atoms with van der Waals surface area (Å²) in [5.41, 5.74) is 4.51. The van der Waals surface area contributed by atoms with E-state index in [-0.39, 0.29) is 0 Å². The summed E-state index contributed by atoms with van der Waals surface area (Å²) in [7, 11) is 0. The zero-order valence-electron chi connectivity index (χ0n) is 14.8. The maximum absolute atomic E-state index is 2.43. The van der Waals surface area contributed by atoms with Crippen LogP contribution < -0.4 is 0 Å². The number of rotatable bonds is 1. The second kappa shape index (κ2) is 5.75. The summed E-state index contributed by atoms with van der Waals surface area (Å²) in [5, 5.41) is 2.03. The van der Waals surface area contributed by atoms with Gasteiger partial charge in [-0.1, -0.05) is 68.0 Å². The Kier molecular flexibility index (Phi) is 3.62. The molecule has 4 atom stereocenters. The van der Waals surface area contributed by atoms with E-state index in [9.17, 15) is 0 Å². The Balaban J connectivity index is 1.58. The molecule has 2 aromatic rings. The van der Waals surface area contributed by atoms with Crippen LogP contribution >= 0.6 is 23.1 Å². The van der Waals surface area contributed by atoms with E-state index in [0.29, 0.717) is 23.0 Å².